The van der Waals surface area contributed by atoms with Crippen molar-refractivity contribution in [2.24, 2.45) is 0 Å². The number of carbonyl (C=O) groups is 1. The summed E-state index contributed by atoms with van der Waals surface area (Å²) in [5.74, 6) is 0.650. The molecule has 2 aromatic rings. The van der Waals surface area contributed by atoms with Gasteiger partial charge in [-0.2, -0.15) is 11.8 Å². The highest BCUT2D eigenvalue weighted by molar-refractivity contribution is 7.99. The average molecular weight is 431 g/mol. The molecule has 0 spiro atoms. The molecule has 5 nitrogen and oxygen atoms in total. The van der Waals surface area contributed by atoms with Crippen molar-refractivity contribution < 1.29 is 18.7 Å². The zero-order chi connectivity index (χ0) is 20.8. The van der Waals surface area contributed by atoms with Gasteiger partial charge < -0.3 is 19.7 Å². The third-order valence-corrected chi connectivity index (χ3v) is 6.87. The van der Waals surface area contributed by atoms with Gasteiger partial charge in [0.05, 0.1) is 13.2 Å². The van der Waals surface area contributed by atoms with E-state index in [1.807, 2.05) is 30.0 Å². The zero-order valence-corrected chi connectivity index (χ0v) is 17.7. The number of nitrogens with one attached hydrogen (secondary N) is 1. The van der Waals surface area contributed by atoms with Crippen LogP contribution in [-0.4, -0.2) is 49.1 Å². The number of anilines is 1. The van der Waals surface area contributed by atoms with Gasteiger partial charge in [0.25, 0.3) is 0 Å². The Labute approximate surface area is 180 Å². The Balaban J connectivity index is 1.32. The molecule has 1 unspecified atom stereocenters. The van der Waals surface area contributed by atoms with Crippen molar-refractivity contribution in [3.05, 3.63) is 65.5 Å². The second kappa shape index (κ2) is 10.3. The number of hydrogen-bond acceptors (Lipinski definition) is 4. The van der Waals surface area contributed by atoms with Gasteiger partial charge in [-0.1, -0.05) is 24.3 Å². The van der Waals surface area contributed by atoms with E-state index in [0.29, 0.717) is 24.9 Å². The third kappa shape index (κ3) is 5.74. The van der Waals surface area contributed by atoms with Gasteiger partial charge >= 0.3 is 6.03 Å². The number of benzene rings is 2. The average Bonchev–Trinajstić information content (AvgIpc) is 2.79. The summed E-state index contributed by atoms with van der Waals surface area (Å²) in [7, 11) is 0. The Morgan fingerprint density at radius 3 is 2.73 bits per heavy atom. The number of carbonyl (C=O) groups excluding carboxylic acids is 1. The van der Waals surface area contributed by atoms with Crippen LogP contribution in [0.5, 0.6) is 0 Å². The van der Waals surface area contributed by atoms with Gasteiger partial charge in [0.2, 0.25) is 0 Å². The number of urea groups is 1. The molecule has 2 aromatic carbocycles. The molecule has 2 aliphatic heterocycles. The van der Waals surface area contributed by atoms with Crippen molar-refractivity contribution in [1.82, 2.24) is 4.90 Å². The Bertz CT molecular complexity index is 843. The normalized spacial score (nSPS) is 20.2. The van der Waals surface area contributed by atoms with E-state index in [9.17, 15) is 9.18 Å². The van der Waals surface area contributed by atoms with E-state index >= 15 is 0 Å². The Morgan fingerprint density at radius 1 is 1.13 bits per heavy atom. The molecule has 2 heterocycles. The van der Waals surface area contributed by atoms with Crippen molar-refractivity contribution in [3.8, 4) is 0 Å². The van der Waals surface area contributed by atoms with Crippen LogP contribution in [0.1, 0.15) is 30.1 Å². The molecule has 2 aliphatic rings. The van der Waals surface area contributed by atoms with Gasteiger partial charge in [-0.25, -0.2) is 9.18 Å². The molecule has 4 rings (SSSR count). The molecule has 0 aromatic heterocycles. The van der Waals surface area contributed by atoms with Crippen molar-refractivity contribution in [2.75, 3.05) is 38.2 Å². The van der Waals surface area contributed by atoms with E-state index < -0.39 is 0 Å². The summed E-state index contributed by atoms with van der Waals surface area (Å²) in [6, 6.07) is 14.2. The lowest BCUT2D eigenvalue weighted by Gasteiger charge is -2.33. The molecule has 1 atom stereocenters. The number of amides is 2. The summed E-state index contributed by atoms with van der Waals surface area (Å²) in [4.78, 5) is 14.5. The van der Waals surface area contributed by atoms with Crippen LogP contribution in [0, 0.1) is 5.82 Å². The molecule has 0 bridgehead atoms. The summed E-state index contributed by atoms with van der Waals surface area (Å²) in [6.45, 7) is 3.13. The van der Waals surface area contributed by atoms with Crippen molar-refractivity contribution in [2.45, 2.75) is 29.9 Å². The Kier molecular flexibility index (Phi) is 7.25. The Hall–Kier alpha value is -2.09. The quantitative estimate of drug-likeness (QED) is 0.737. The van der Waals surface area contributed by atoms with Gasteiger partial charge in [0.1, 0.15) is 11.9 Å². The largest absolute Gasteiger partial charge is 0.381 e. The van der Waals surface area contributed by atoms with Crippen molar-refractivity contribution in [3.63, 3.8) is 0 Å². The molecule has 2 fully saturated rings. The first-order valence-electron chi connectivity index (χ1n) is 10.4. The summed E-state index contributed by atoms with van der Waals surface area (Å²) >= 11 is 1.96. The molecular weight excluding hydrogens is 403 g/mol. The highest BCUT2D eigenvalue weighted by atomic mass is 32.2. The van der Waals surface area contributed by atoms with E-state index in [4.69, 9.17) is 9.47 Å². The van der Waals surface area contributed by atoms with Crippen LogP contribution in [0.4, 0.5) is 14.9 Å². The molecule has 30 heavy (non-hydrogen) atoms. The molecule has 1 N–H and O–H groups in total. The first-order valence-corrected chi connectivity index (χ1v) is 11.4. The summed E-state index contributed by atoms with van der Waals surface area (Å²) in [5, 5.41) is 3.66. The maximum Gasteiger partial charge on any atom is 0.322 e. The number of nitrogens with zero attached hydrogens (tertiary/aromatic N) is 1. The first-order chi connectivity index (χ1) is 14.7. The van der Waals surface area contributed by atoms with Crippen LogP contribution in [0.3, 0.4) is 0 Å². The molecule has 7 heteroatoms. The number of rotatable bonds is 5. The lowest BCUT2D eigenvalue weighted by atomic mass is 10.1. The zero-order valence-electron chi connectivity index (χ0n) is 16.9. The predicted molar refractivity (Wildman–Crippen MR) is 117 cm³/mol. The van der Waals surface area contributed by atoms with E-state index in [2.05, 4.69) is 11.4 Å². The van der Waals surface area contributed by atoms with Gasteiger partial charge in [-0.3, -0.25) is 0 Å². The molecule has 0 radical (unpaired) electrons. The number of ether oxygens (including phenoxy) is 2. The smallest absolute Gasteiger partial charge is 0.322 e. The van der Waals surface area contributed by atoms with Gasteiger partial charge in [-0.05, 0) is 48.2 Å². The monoisotopic (exact) mass is 430 g/mol. The minimum absolute atomic E-state index is 0.139. The molecule has 0 aliphatic carbocycles. The SMILES string of the molecule is O=C(Nc1cccc(CSC2CCOCC2)c1)N1CCOC(c2ccc(F)cc2)C1. The topological polar surface area (TPSA) is 50.8 Å². The second-order valence-corrected chi connectivity index (χ2v) is 8.90. The number of morpholine rings is 1. The standard InChI is InChI=1S/C23H27FN2O3S/c24-19-6-4-18(5-7-19)22-15-26(10-13-29-22)23(27)25-20-3-1-2-17(14-20)16-30-21-8-11-28-12-9-21/h1-7,14,21-22H,8-13,15-16H2,(H,25,27). The van der Waals surface area contributed by atoms with E-state index in [1.54, 1.807) is 17.0 Å². The molecular formula is C23H27FN2O3S. The fourth-order valence-corrected chi connectivity index (χ4v) is 4.84. The lowest BCUT2D eigenvalue weighted by Crippen LogP contribution is -2.44. The number of hydrogen-bond donors (Lipinski definition) is 1. The number of thioether (sulfide) groups is 1. The van der Waals surface area contributed by atoms with Crippen LogP contribution in [0.15, 0.2) is 48.5 Å². The first kappa shape index (κ1) is 21.2. The second-order valence-electron chi connectivity index (χ2n) is 7.61. The Morgan fingerprint density at radius 2 is 1.93 bits per heavy atom. The third-order valence-electron chi connectivity index (χ3n) is 5.43. The predicted octanol–water partition coefficient (Wildman–Crippen LogP) is 4.84. The number of halogens is 1. The highest BCUT2D eigenvalue weighted by Crippen LogP contribution is 2.27. The van der Waals surface area contributed by atoms with E-state index in [0.717, 1.165) is 43.1 Å². The van der Waals surface area contributed by atoms with E-state index in [1.165, 1.54) is 17.7 Å². The summed E-state index contributed by atoms with van der Waals surface area (Å²) in [6.07, 6.45) is 1.97. The fourth-order valence-electron chi connectivity index (χ4n) is 3.71. The van der Waals surface area contributed by atoms with Crippen LogP contribution < -0.4 is 5.32 Å². The highest BCUT2D eigenvalue weighted by Gasteiger charge is 2.25. The van der Waals surface area contributed by atoms with Crippen LogP contribution in [-0.2, 0) is 15.2 Å². The summed E-state index contributed by atoms with van der Waals surface area (Å²) < 4.78 is 24.4. The molecule has 160 valence electrons. The molecule has 2 amide bonds. The van der Waals surface area contributed by atoms with Crippen LogP contribution >= 0.6 is 11.8 Å². The molecule has 2 saturated heterocycles. The van der Waals surface area contributed by atoms with Gasteiger partial charge in [0, 0.05) is 36.4 Å². The fraction of sp³-hybridized carbons (Fsp3) is 0.435. The maximum absolute atomic E-state index is 13.2. The molecule has 0 saturated carbocycles. The summed E-state index contributed by atoms with van der Waals surface area (Å²) in [5.41, 5.74) is 2.88. The minimum Gasteiger partial charge on any atom is -0.381 e. The minimum atomic E-state index is -0.279. The van der Waals surface area contributed by atoms with Crippen molar-refractivity contribution in [1.29, 1.82) is 0 Å². The van der Waals surface area contributed by atoms with Crippen molar-refractivity contribution >= 4 is 23.5 Å². The maximum atomic E-state index is 13.2. The van der Waals surface area contributed by atoms with Crippen LogP contribution in [0.25, 0.3) is 0 Å². The van der Waals surface area contributed by atoms with Gasteiger partial charge in [0.15, 0.2) is 0 Å². The lowest BCUT2D eigenvalue weighted by molar-refractivity contribution is -0.0135. The van der Waals surface area contributed by atoms with Gasteiger partial charge in [-0.15, -0.1) is 0 Å². The van der Waals surface area contributed by atoms with E-state index in [-0.39, 0.29) is 18.0 Å². The van der Waals surface area contributed by atoms with Crippen LogP contribution in [0.2, 0.25) is 0 Å².